The van der Waals surface area contributed by atoms with Crippen molar-refractivity contribution in [3.63, 3.8) is 0 Å². The molecule has 1 aromatic rings. The zero-order valence-corrected chi connectivity index (χ0v) is 14.0. The normalized spacial score (nSPS) is 40.0. The van der Waals surface area contributed by atoms with Gasteiger partial charge in [-0.1, -0.05) is 40.2 Å². The van der Waals surface area contributed by atoms with Gasteiger partial charge in [-0.2, -0.15) is 0 Å². The lowest BCUT2D eigenvalue weighted by molar-refractivity contribution is -0.0360. The van der Waals surface area contributed by atoms with Gasteiger partial charge in [0, 0.05) is 4.83 Å². The van der Waals surface area contributed by atoms with E-state index >= 15 is 0 Å². The third kappa shape index (κ3) is 2.26. The number of alkyl halides is 1. The van der Waals surface area contributed by atoms with Gasteiger partial charge < -0.3 is 0 Å². The Labute approximate surface area is 131 Å². The molecule has 0 radical (unpaired) electrons. The van der Waals surface area contributed by atoms with E-state index in [0.29, 0.717) is 4.83 Å². The standard InChI is InChI=1S/C19H25Br/c1-12-4-2-3-5-15(12)11-18(20)19-16-7-13-6-14(9-16)10-17(19)8-13/h2-5,13-14,16-19H,6-11H2,1H3. The fourth-order valence-electron chi connectivity index (χ4n) is 5.74. The van der Waals surface area contributed by atoms with E-state index in [1.54, 1.807) is 12.0 Å². The fourth-order valence-corrected chi connectivity index (χ4v) is 6.96. The average molecular weight is 333 g/mol. The molecule has 4 aliphatic carbocycles. The van der Waals surface area contributed by atoms with Crippen molar-refractivity contribution in [3.8, 4) is 0 Å². The Morgan fingerprint density at radius 1 is 1.00 bits per heavy atom. The van der Waals surface area contributed by atoms with Crippen LogP contribution in [0.4, 0.5) is 0 Å². The van der Waals surface area contributed by atoms with Crippen molar-refractivity contribution in [2.45, 2.75) is 50.3 Å². The van der Waals surface area contributed by atoms with Gasteiger partial charge in [-0.15, -0.1) is 0 Å². The topological polar surface area (TPSA) is 0 Å². The van der Waals surface area contributed by atoms with Crippen LogP contribution in [0.15, 0.2) is 24.3 Å². The molecule has 0 N–H and O–H groups in total. The molecule has 0 heterocycles. The molecule has 0 aromatic heterocycles. The Morgan fingerprint density at radius 3 is 2.20 bits per heavy atom. The van der Waals surface area contributed by atoms with Gasteiger partial charge in [0.05, 0.1) is 0 Å². The molecule has 0 aliphatic heterocycles. The second-order valence-corrected chi connectivity index (χ2v) is 8.83. The zero-order chi connectivity index (χ0) is 13.7. The number of hydrogen-bond acceptors (Lipinski definition) is 0. The van der Waals surface area contributed by atoms with Gasteiger partial charge in [0.2, 0.25) is 0 Å². The molecule has 1 atom stereocenters. The Morgan fingerprint density at radius 2 is 1.60 bits per heavy atom. The molecule has 1 unspecified atom stereocenters. The van der Waals surface area contributed by atoms with E-state index in [1.165, 1.54) is 37.7 Å². The van der Waals surface area contributed by atoms with Crippen molar-refractivity contribution in [3.05, 3.63) is 35.4 Å². The Bertz CT molecular complexity index is 464. The number of halogens is 1. The van der Waals surface area contributed by atoms with Crippen molar-refractivity contribution in [2.75, 3.05) is 0 Å². The van der Waals surface area contributed by atoms with E-state index in [-0.39, 0.29) is 0 Å². The maximum absolute atomic E-state index is 4.10. The summed E-state index contributed by atoms with van der Waals surface area (Å²) >= 11 is 4.10. The summed E-state index contributed by atoms with van der Waals surface area (Å²) < 4.78 is 0. The SMILES string of the molecule is Cc1ccccc1CC(Br)C1C2CC3CC(C2)CC1C3. The lowest BCUT2D eigenvalue weighted by Crippen LogP contribution is -2.48. The van der Waals surface area contributed by atoms with E-state index in [2.05, 4.69) is 47.1 Å². The van der Waals surface area contributed by atoms with Crippen LogP contribution in [0.5, 0.6) is 0 Å². The van der Waals surface area contributed by atoms with Gasteiger partial charge in [-0.05, 0) is 86.2 Å². The van der Waals surface area contributed by atoms with E-state index in [1.807, 2.05) is 0 Å². The molecule has 0 amide bonds. The smallest absolute Gasteiger partial charge is 0.0219 e. The molecular formula is C19H25Br. The summed E-state index contributed by atoms with van der Waals surface area (Å²) in [4.78, 5) is 0.693. The molecule has 1 aromatic carbocycles. The van der Waals surface area contributed by atoms with Crippen LogP contribution in [-0.2, 0) is 6.42 Å². The minimum atomic E-state index is 0.693. The Hall–Kier alpha value is -0.300. The van der Waals surface area contributed by atoms with E-state index in [9.17, 15) is 0 Å². The first-order valence-corrected chi connectivity index (χ1v) is 9.31. The van der Waals surface area contributed by atoms with Crippen LogP contribution in [-0.4, -0.2) is 4.83 Å². The van der Waals surface area contributed by atoms with Gasteiger partial charge >= 0.3 is 0 Å². The maximum atomic E-state index is 4.10. The second kappa shape index (κ2) is 5.16. The van der Waals surface area contributed by atoms with Crippen molar-refractivity contribution in [2.24, 2.45) is 29.6 Å². The monoisotopic (exact) mass is 332 g/mol. The van der Waals surface area contributed by atoms with Gasteiger partial charge in [-0.25, -0.2) is 0 Å². The van der Waals surface area contributed by atoms with Crippen molar-refractivity contribution in [1.82, 2.24) is 0 Å². The third-order valence-electron chi connectivity index (χ3n) is 6.39. The predicted molar refractivity (Wildman–Crippen MR) is 88.1 cm³/mol. The van der Waals surface area contributed by atoms with Crippen LogP contribution in [0, 0.1) is 36.5 Å². The van der Waals surface area contributed by atoms with Gasteiger partial charge in [0.15, 0.2) is 0 Å². The Balaban J connectivity index is 1.51. The van der Waals surface area contributed by atoms with E-state index in [0.717, 1.165) is 29.6 Å². The highest BCUT2D eigenvalue weighted by atomic mass is 79.9. The number of rotatable bonds is 3. The third-order valence-corrected chi connectivity index (χ3v) is 7.33. The molecule has 4 bridgehead atoms. The number of benzene rings is 1. The first-order valence-electron chi connectivity index (χ1n) is 8.39. The predicted octanol–water partition coefficient (Wildman–Crippen LogP) is 5.37. The fraction of sp³-hybridized carbons (Fsp3) is 0.684. The molecular weight excluding hydrogens is 308 g/mol. The molecule has 4 saturated carbocycles. The van der Waals surface area contributed by atoms with Crippen LogP contribution in [0.25, 0.3) is 0 Å². The highest BCUT2D eigenvalue weighted by molar-refractivity contribution is 9.09. The number of aryl methyl sites for hydroxylation is 1. The van der Waals surface area contributed by atoms with Crippen LogP contribution >= 0.6 is 15.9 Å². The molecule has 0 saturated heterocycles. The lowest BCUT2D eigenvalue weighted by Gasteiger charge is -2.55. The lowest BCUT2D eigenvalue weighted by atomic mass is 9.51. The van der Waals surface area contributed by atoms with Crippen molar-refractivity contribution < 1.29 is 0 Å². The van der Waals surface area contributed by atoms with Crippen molar-refractivity contribution in [1.29, 1.82) is 0 Å². The average Bonchev–Trinajstić information content (AvgIpc) is 2.40. The van der Waals surface area contributed by atoms with Gasteiger partial charge in [0.25, 0.3) is 0 Å². The molecule has 20 heavy (non-hydrogen) atoms. The van der Waals surface area contributed by atoms with Crippen molar-refractivity contribution >= 4 is 15.9 Å². The maximum Gasteiger partial charge on any atom is 0.0219 e. The molecule has 4 aliphatic rings. The summed E-state index contributed by atoms with van der Waals surface area (Å²) in [6, 6.07) is 8.93. The first-order chi connectivity index (χ1) is 9.70. The van der Waals surface area contributed by atoms with Gasteiger partial charge in [-0.3, -0.25) is 0 Å². The minimum Gasteiger partial charge on any atom is -0.0884 e. The zero-order valence-electron chi connectivity index (χ0n) is 12.4. The summed E-state index contributed by atoms with van der Waals surface area (Å²) in [6.45, 7) is 2.26. The summed E-state index contributed by atoms with van der Waals surface area (Å²) in [5, 5.41) is 0. The summed E-state index contributed by atoms with van der Waals surface area (Å²) in [7, 11) is 0. The van der Waals surface area contributed by atoms with E-state index < -0.39 is 0 Å². The molecule has 1 heteroatoms. The highest BCUT2D eigenvalue weighted by Crippen LogP contribution is 2.58. The second-order valence-electron chi connectivity index (χ2n) is 7.65. The van der Waals surface area contributed by atoms with Crippen LogP contribution in [0.2, 0.25) is 0 Å². The Kier molecular flexibility index (Phi) is 3.45. The van der Waals surface area contributed by atoms with Crippen LogP contribution < -0.4 is 0 Å². The highest BCUT2D eigenvalue weighted by Gasteiger charge is 2.49. The molecule has 4 fully saturated rings. The quantitative estimate of drug-likeness (QED) is 0.652. The summed E-state index contributed by atoms with van der Waals surface area (Å²) in [5.74, 6) is 5.18. The summed E-state index contributed by atoms with van der Waals surface area (Å²) in [6.07, 6.45) is 8.92. The molecule has 0 nitrogen and oxygen atoms in total. The summed E-state index contributed by atoms with van der Waals surface area (Å²) in [5.41, 5.74) is 3.00. The van der Waals surface area contributed by atoms with Crippen LogP contribution in [0.1, 0.15) is 43.2 Å². The van der Waals surface area contributed by atoms with Gasteiger partial charge in [0.1, 0.15) is 0 Å². The van der Waals surface area contributed by atoms with E-state index in [4.69, 9.17) is 0 Å². The number of hydrogen-bond donors (Lipinski definition) is 0. The van der Waals surface area contributed by atoms with Crippen LogP contribution in [0.3, 0.4) is 0 Å². The minimum absolute atomic E-state index is 0.693. The molecule has 5 rings (SSSR count). The first kappa shape index (κ1) is 13.4. The molecule has 0 spiro atoms. The molecule has 108 valence electrons. The largest absolute Gasteiger partial charge is 0.0884 e.